The largest absolute Gasteiger partial charge is 0.481 e. The first-order valence-electron chi connectivity index (χ1n) is 6.50. The number of aliphatic carboxylic acids is 1. The Morgan fingerprint density at radius 2 is 2.33 bits per heavy atom. The van der Waals surface area contributed by atoms with Crippen molar-refractivity contribution in [3.8, 4) is 10.7 Å². The van der Waals surface area contributed by atoms with Crippen LogP contribution in [-0.2, 0) is 22.5 Å². The standard InChI is InChI=1S/C13H17N3O3S2/c1-3-9-4-7-20-11(9)12-14-15-13(21-8-10(17)18)16(12)5-6-19-2/h4,7H,3,5-6,8H2,1-2H3,(H,17,18). The molecule has 1 N–H and O–H groups in total. The topological polar surface area (TPSA) is 77.2 Å². The molecule has 0 unspecified atom stereocenters. The Morgan fingerprint density at radius 3 is 3.00 bits per heavy atom. The van der Waals surface area contributed by atoms with E-state index in [9.17, 15) is 4.79 Å². The van der Waals surface area contributed by atoms with Crippen LogP contribution in [0.5, 0.6) is 0 Å². The van der Waals surface area contributed by atoms with Gasteiger partial charge >= 0.3 is 5.97 Å². The molecule has 21 heavy (non-hydrogen) atoms. The molecular formula is C13H17N3O3S2. The quantitative estimate of drug-likeness (QED) is 0.750. The molecule has 2 aromatic heterocycles. The second-order valence-corrected chi connectivity index (χ2v) is 6.12. The van der Waals surface area contributed by atoms with Crippen molar-refractivity contribution in [2.24, 2.45) is 0 Å². The first-order valence-corrected chi connectivity index (χ1v) is 8.37. The van der Waals surface area contributed by atoms with Crippen LogP contribution < -0.4 is 0 Å². The maximum absolute atomic E-state index is 10.7. The average molecular weight is 327 g/mol. The molecule has 0 fully saturated rings. The van der Waals surface area contributed by atoms with Crippen molar-refractivity contribution in [1.82, 2.24) is 14.8 Å². The average Bonchev–Trinajstić information content (AvgIpc) is 3.08. The van der Waals surface area contributed by atoms with Crippen molar-refractivity contribution < 1.29 is 14.6 Å². The number of thioether (sulfide) groups is 1. The molecule has 2 rings (SSSR count). The third-order valence-corrected chi connectivity index (χ3v) is 4.80. The van der Waals surface area contributed by atoms with Gasteiger partial charge in [0.25, 0.3) is 0 Å². The summed E-state index contributed by atoms with van der Waals surface area (Å²) in [7, 11) is 1.64. The lowest BCUT2D eigenvalue weighted by atomic mass is 10.2. The van der Waals surface area contributed by atoms with Gasteiger partial charge in [0.1, 0.15) is 0 Å². The number of methoxy groups -OCH3 is 1. The fraction of sp³-hybridized carbons (Fsp3) is 0.462. The maximum atomic E-state index is 10.7. The molecule has 0 aromatic carbocycles. The van der Waals surface area contributed by atoms with Gasteiger partial charge in [-0.2, -0.15) is 0 Å². The third-order valence-electron chi connectivity index (χ3n) is 2.89. The highest BCUT2D eigenvalue weighted by molar-refractivity contribution is 7.99. The molecule has 2 heterocycles. The lowest BCUT2D eigenvalue weighted by molar-refractivity contribution is -0.133. The molecule has 114 valence electrons. The van der Waals surface area contributed by atoms with Crippen molar-refractivity contribution in [2.75, 3.05) is 19.5 Å². The minimum Gasteiger partial charge on any atom is -0.481 e. The van der Waals surface area contributed by atoms with Crippen LogP contribution in [0.25, 0.3) is 10.7 Å². The summed E-state index contributed by atoms with van der Waals surface area (Å²) in [6, 6.07) is 2.08. The minimum atomic E-state index is -0.867. The highest BCUT2D eigenvalue weighted by atomic mass is 32.2. The number of rotatable bonds is 8. The van der Waals surface area contributed by atoms with Crippen LogP contribution in [0.3, 0.4) is 0 Å². The van der Waals surface area contributed by atoms with E-state index in [1.165, 1.54) is 17.3 Å². The van der Waals surface area contributed by atoms with Gasteiger partial charge in [-0.25, -0.2) is 0 Å². The van der Waals surface area contributed by atoms with E-state index in [1.54, 1.807) is 18.4 Å². The Balaban J connectivity index is 2.34. The molecule has 0 amide bonds. The zero-order valence-corrected chi connectivity index (χ0v) is 13.5. The van der Waals surface area contributed by atoms with E-state index in [0.29, 0.717) is 18.3 Å². The fourth-order valence-electron chi connectivity index (χ4n) is 1.88. The van der Waals surface area contributed by atoms with Gasteiger partial charge in [0.2, 0.25) is 0 Å². The van der Waals surface area contributed by atoms with E-state index in [1.807, 2.05) is 9.95 Å². The number of aromatic nitrogens is 3. The van der Waals surface area contributed by atoms with E-state index in [4.69, 9.17) is 9.84 Å². The first kappa shape index (κ1) is 16.0. The predicted molar refractivity (Wildman–Crippen MR) is 82.9 cm³/mol. The Kier molecular flexibility index (Phi) is 5.77. The van der Waals surface area contributed by atoms with Gasteiger partial charge in [-0.1, -0.05) is 18.7 Å². The molecule has 0 aliphatic rings. The molecule has 0 aliphatic heterocycles. The van der Waals surface area contributed by atoms with Gasteiger partial charge in [0, 0.05) is 7.11 Å². The van der Waals surface area contributed by atoms with Crippen LogP contribution >= 0.6 is 23.1 Å². The second-order valence-electron chi connectivity index (χ2n) is 4.26. The first-order chi connectivity index (χ1) is 10.2. The Labute approximate surface area is 131 Å². The van der Waals surface area contributed by atoms with Crippen LogP contribution in [0.15, 0.2) is 16.6 Å². The summed E-state index contributed by atoms with van der Waals surface area (Å²) >= 11 is 2.80. The van der Waals surface area contributed by atoms with Gasteiger partial charge in [0.15, 0.2) is 11.0 Å². The number of carboxylic acids is 1. The van der Waals surface area contributed by atoms with Crippen molar-refractivity contribution in [3.63, 3.8) is 0 Å². The number of carboxylic acid groups (broad SMARTS) is 1. The van der Waals surface area contributed by atoms with E-state index < -0.39 is 5.97 Å². The normalized spacial score (nSPS) is 11.0. The predicted octanol–water partition coefficient (Wildman–Crippen LogP) is 2.39. The fourth-order valence-corrected chi connectivity index (χ4v) is 3.56. The number of hydrogen-bond donors (Lipinski definition) is 1. The minimum absolute atomic E-state index is 0.0316. The molecule has 0 saturated heterocycles. The Hall–Kier alpha value is -1.38. The zero-order chi connectivity index (χ0) is 15.2. The number of hydrogen-bond acceptors (Lipinski definition) is 6. The summed E-state index contributed by atoms with van der Waals surface area (Å²) < 4.78 is 7.06. The summed E-state index contributed by atoms with van der Waals surface area (Å²) in [6.07, 6.45) is 0.924. The Bertz CT molecular complexity index is 610. The summed E-state index contributed by atoms with van der Waals surface area (Å²) in [4.78, 5) is 11.8. The van der Waals surface area contributed by atoms with Gasteiger partial charge in [-0.05, 0) is 23.4 Å². The van der Waals surface area contributed by atoms with Crippen LogP contribution in [0.2, 0.25) is 0 Å². The van der Waals surface area contributed by atoms with Crippen molar-refractivity contribution in [3.05, 3.63) is 17.0 Å². The van der Waals surface area contributed by atoms with Gasteiger partial charge in [-0.3, -0.25) is 9.36 Å². The van der Waals surface area contributed by atoms with E-state index >= 15 is 0 Å². The monoisotopic (exact) mass is 327 g/mol. The molecular weight excluding hydrogens is 310 g/mol. The summed E-state index contributed by atoms with van der Waals surface area (Å²) in [5.41, 5.74) is 1.22. The Morgan fingerprint density at radius 1 is 1.52 bits per heavy atom. The molecule has 2 aromatic rings. The number of carbonyl (C=O) groups is 1. The van der Waals surface area contributed by atoms with Crippen LogP contribution in [0.1, 0.15) is 12.5 Å². The third kappa shape index (κ3) is 3.84. The number of ether oxygens (including phenoxy) is 1. The summed E-state index contributed by atoms with van der Waals surface area (Å²) in [5.74, 6) is -0.115. The van der Waals surface area contributed by atoms with Gasteiger partial charge in [0.05, 0.1) is 23.8 Å². The smallest absolute Gasteiger partial charge is 0.313 e. The molecule has 0 bridgehead atoms. The zero-order valence-electron chi connectivity index (χ0n) is 11.9. The molecule has 0 radical (unpaired) electrons. The molecule has 0 aliphatic carbocycles. The van der Waals surface area contributed by atoms with Crippen LogP contribution in [0.4, 0.5) is 0 Å². The van der Waals surface area contributed by atoms with E-state index in [-0.39, 0.29) is 5.75 Å². The molecule has 8 heteroatoms. The number of nitrogens with zero attached hydrogens (tertiary/aromatic N) is 3. The number of thiophene rings is 1. The molecule has 0 atom stereocenters. The molecule has 0 spiro atoms. The van der Waals surface area contributed by atoms with E-state index in [0.717, 1.165) is 17.1 Å². The lowest BCUT2D eigenvalue weighted by Crippen LogP contribution is -2.08. The molecule has 6 nitrogen and oxygen atoms in total. The maximum Gasteiger partial charge on any atom is 0.313 e. The van der Waals surface area contributed by atoms with Gasteiger partial charge in [-0.15, -0.1) is 21.5 Å². The van der Waals surface area contributed by atoms with Crippen molar-refractivity contribution in [1.29, 1.82) is 0 Å². The lowest BCUT2D eigenvalue weighted by Gasteiger charge is -2.09. The highest BCUT2D eigenvalue weighted by Crippen LogP contribution is 2.31. The van der Waals surface area contributed by atoms with Crippen LogP contribution in [0, 0.1) is 0 Å². The molecule has 0 saturated carbocycles. The summed E-state index contributed by atoms with van der Waals surface area (Å²) in [5, 5.41) is 19.8. The SMILES string of the molecule is CCc1ccsc1-c1nnc(SCC(=O)O)n1CCOC. The van der Waals surface area contributed by atoms with Crippen molar-refractivity contribution >= 4 is 29.1 Å². The van der Waals surface area contributed by atoms with Gasteiger partial charge < -0.3 is 9.84 Å². The summed E-state index contributed by atoms with van der Waals surface area (Å²) in [6.45, 7) is 3.22. The highest BCUT2D eigenvalue weighted by Gasteiger charge is 2.18. The van der Waals surface area contributed by atoms with Crippen molar-refractivity contribution in [2.45, 2.75) is 25.0 Å². The van der Waals surface area contributed by atoms with Crippen LogP contribution in [-0.4, -0.2) is 45.3 Å². The second kappa shape index (κ2) is 7.58. The number of aryl methyl sites for hydroxylation is 1. The van der Waals surface area contributed by atoms with E-state index in [2.05, 4.69) is 23.2 Å².